The first-order valence-electron chi connectivity index (χ1n) is 9.92. The van der Waals surface area contributed by atoms with Gasteiger partial charge in [-0.3, -0.25) is 18.7 Å². The molecule has 1 amide bonds. The summed E-state index contributed by atoms with van der Waals surface area (Å²) < 4.78 is 4.16. The minimum Gasteiger partial charge on any atom is -0.325 e. The van der Waals surface area contributed by atoms with Gasteiger partial charge in [-0.2, -0.15) is 0 Å². The highest BCUT2D eigenvalue weighted by molar-refractivity contribution is 5.93. The number of unbranched alkanes of at least 4 members (excludes halogenated alkanes) is 1. The first kappa shape index (κ1) is 20.6. The Morgan fingerprint density at radius 2 is 1.79 bits per heavy atom. The number of anilines is 1. The SMILES string of the molecule is CCCCN(C(=O)CCCn1cnc2c1c(=O)n(C)c(=O)n2C)c1ccccc1. The second kappa shape index (κ2) is 8.89. The Bertz CT molecular complexity index is 1110. The van der Waals surface area contributed by atoms with Gasteiger partial charge in [-0.1, -0.05) is 31.5 Å². The van der Waals surface area contributed by atoms with Crippen molar-refractivity contribution < 1.29 is 4.79 Å². The predicted octanol–water partition coefficient (Wildman–Crippen LogP) is 2.05. The molecule has 3 aromatic rings. The van der Waals surface area contributed by atoms with Crippen LogP contribution >= 0.6 is 0 Å². The Balaban J connectivity index is 1.74. The molecule has 0 saturated carbocycles. The summed E-state index contributed by atoms with van der Waals surface area (Å²) in [6.07, 6.45) is 4.45. The van der Waals surface area contributed by atoms with Crippen molar-refractivity contribution in [1.82, 2.24) is 18.7 Å². The van der Waals surface area contributed by atoms with Crippen molar-refractivity contribution in [2.24, 2.45) is 14.1 Å². The van der Waals surface area contributed by atoms with Crippen molar-refractivity contribution in [1.29, 1.82) is 0 Å². The molecule has 29 heavy (non-hydrogen) atoms. The second-order valence-corrected chi connectivity index (χ2v) is 7.15. The summed E-state index contributed by atoms with van der Waals surface area (Å²) in [6, 6.07) is 9.69. The van der Waals surface area contributed by atoms with Gasteiger partial charge in [-0.15, -0.1) is 0 Å². The van der Waals surface area contributed by atoms with Gasteiger partial charge in [0, 0.05) is 39.3 Å². The number of nitrogens with zero attached hydrogens (tertiary/aromatic N) is 5. The number of imidazole rings is 1. The van der Waals surface area contributed by atoms with Gasteiger partial charge in [-0.25, -0.2) is 9.78 Å². The highest BCUT2D eigenvalue weighted by atomic mass is 16.2. The summed E-state index contributed by atoms with van der Waals surface area (Å²) in [4.78, 5) is 43.4. The van der Waals surface area contributed by atoms with Crippen LogP contribution in [-0.2, 0) is 25.4 Å². The van der Waals surface area contributed by atoms with Crippen molar-refractivity contribution in [3.8, 4) is 0 Å². The van der Waals surface area contributed by atoms with E-state index in [1.807, 2.05) is 35.2 Å². The third-order valence-electron chi connectivity index (χ3n) is 5.11. The van der Waals surface area contributed by atoms with Crippen LogP contribution in [0.1, 0.15) is 32.6 Å². The number of fused-ring (bicyclic) bond motifs is 1. The lowest BCUT2D eigenvalue weighted by atomic mass is 10.2. The Hall–Kier alpha value is -3.16. The molecule has 0 unspecified atom stereocenters. The Kier molecular flexibility index (Phi) is 6.31. The van der Waals surface area contributed by atoms with Crippen molar-refractivity contribution in [3.05, 3.63) is 57.5 Å². The van der Waals surface area contributed by atoms with E-state index in [1.165, 1.54) is 11.6 Å². The van der Waals surface area contributed by atoms with E-state index < -0.39 is 5.69 Å². The zero-order chi connectivity index (χ0) is 21.0. The van der Waals surface area contributed by atoms with E-state index in [1.54, 1.807) is 17.9 Å². The number of rotatable bonds is 8. The standard InChI is InChI=1S/C21H27N5O3/c1-4-5-14-26(16-10-7-6-8-11-16)17(27)12-9-13-25-15-22-19-18(25)20(28)24(3)21(29)23(19)2/h6-8,10-11,15H,4-5,9,12-14H2,1-3H3. The van der Waals surface area contributed by atoms with E-state index in [-0.39, 0.29) is 11.5 Å². The van der Waals surface area contributed by atoms with E-state index in [4.69, 9.17) is 0 Å². The predicted molar refractivity (Wildman–Crippen MR) is 113 cm³/mol. The van der Waals surface area contributed by atoms with E-state index in [9.17, 15) is 14.4 Å². The largest absolute Gasteiger partial charge is 0.332 e. The fourth-order valence-corrected chi connectivity index (χ4v) is 3.42. The maximum atomic E-state index is 12.9. The number of benzene rings is 1. The fourth-order valence-electron chi connectivity index (χ4n) is 3.42. The summed E-state index contributed by atoms with van der Waals surface area (Å²) >= 11 is 0. The van der Waals surface area contributed by atoms with Gasteiger partial charge < -0.3 is 9.47 Å². The van der Waals surface area contributed by atoms with Gasteiger partial charge in [0.15, 0.2) is 11.2 Å². The third kappa shape index (κ3) is 4.16. The van der Waals surface area contributed by atoms with Crippen molar-refractivity contribution in [3.63, 3.8) is 0 Å². The molecule has 0 spiro atoms. The summed E-state index contributed by atoms with van der Waals surface area (Å²) in [5.41, 5.74) is 0.868. The molecule has 1 aromatic carbocycles. The van der Waals surface area contributed by atoms with Gasteiger partial charge in [0.05, 0.1) is 6.33 Å². The van der Waals surface area contributed by atoms with Crippen LogP contribution in [0.3, 0.4) is 0 Å². The molecule has 0 radical (unpaired) electrons. The van der Waals surface area contributed by atoms with E-state index in [0.717, 1.165) is 23.1 Å². The second-order valence-electron chi connectivity index (χ2n) is 7.15. The maximum absolute atomic E-state index is 12.9. The number of carbonyl (C=O) groups is 1. The molecular weight excluding hydrogens is 370 g/mol. The molecular formula is C21H27N5O3. The first-order chi connectivity index (χ1) is 14.0. The van der Waals surface area contributed by atoms with Gasteiger partial charge in [-0.05, 0) is 25.0 Å². The van der Waals surface area contributed by atoms with Crippen LogP contribution in [0.2, 0.25) is 0 Å². The molecule has 154 valence electrons. The smallest absolute Gasteiger partial charge is 0.325 e. The van der Waals surface area contributed by atoms with E-state index >= 15 is 0 Å². The summed E-state index contributed by atoms with van der Waals surface area (Å²) in [5, 5.41) is 0. The van der Waals surface area contributed by atoms with Gasteiger partial charge >= 0.3 is 5.69 Å². The van der Waals surface area contributed by atoms with Crippen LogP contribution in [-0.4, -0.2) is 31.1 Å². The lowest BCUT2D eigenvalue weighted by Crippen LogP contribution is -2.37. The highest BCUT2D eigenvalue weighted by Crippen LogP contribution is 2.16. The van der Waals surface area contributed by atoms with Crippen molar-refractivity contribution >= 4 is 22.8 Å². The van der Waals surface area contributed by atoms with E-state index in [2.05, 4.69) is 11.9 Å². The summed E-state index contributed by atoms with van der Waals surface area (Å²) in [6.45, 7) is 3.27. The van der Waals surface area contributed by atoms with Crippen LogP contribution in [0.15, 0.2) is 46.2 Å². The molecule has 2 heterocycles. The van der Waals surface area contributed by atoms with Crippen molar-refractivity contribution in [2.45, 2.75) is 39.2 Å². The zero-order valence-electron chi connectivity index (χ0n) is 17.2. The molecule has 0 atom stereocenters. The van der Waals surface area contributed by atoms with Crippen LogP contribution in [0.4, 0.5) is 5.69 Å². The lowest BCUT2D eigenvalue weighted by molar-refractivity contribution is -0.118. The number of aryl methyl sites for hydroxylation is 2. The molecule has 2 aromatic heterocycles. The summed E-state index contributed by atoms with van der Waals surface area (Å²) in [5.74, 6) is 0.0642. The average molecular weight is 397 g/mol. The minimum atomic E-state index is -0.405. The minimum absolute atomic E-state index is 0.0642. The number of hydrogen-bond donors (Lipinski definition) is 0. The molecule has 0 saturated heterocycles. The van der Waals surface area contributed by atoms with Crippen LogP contribution < -0.4 is 16.1 Å². The number of hydrogen-bond acceptors (Lipinski definition) is 4. The Morgan fingerprint density at radius 1 is 1.07 bits per heavy atom. The Morgan fingerprint density at radius 3 is 2.48 bits per heavy atom. The number of carbonyl (C=O) groups excluding carboxylic acids is 1. The molecule has 0 fully saturated rings. The zero-order valence-corrected chi connectivity index (χ0v) is 17.2. The average Bonchev–Trinajstić information content (AvgIpc) is 3.16. The lowest BCUT2D eigenvalue weighted by Gasteiger charge is -2.23. The molecule has 0 aliphatic carbocycles. The first-order valence-corrected chi connectivity index (χ1v) is 9.92. The summed E-state index contributed by atoms with van der Waals surface area (Å²) in [7, 11) is 3.05. The fraction of sp³-hybridized carbons (Fsp3) is 0.429. The maximum Gasteiger partial charge on any atom is 0.332 e. The van der Waals surface area contributed by atoms with Gasteiger partial charge in [0.25, 0.3) is 5.56 Å². The molecule has 8 heteroatoms. The molecule has 0 aliphatic heterocycles. The van der Waals surface area contributed by atoms with Crippen LogP contribution in [0.25, 0.3) is 11.2 Å². The van der Waals surface area contributed by atoms with Gasteiger partial charge in [0.2, 0.25) is 5.91 Å². The molecule has 0 N–H and O–H groups in total. The van der Waals surface area contributed by atoms with Crippen LogP contribution in [0.5, 0.6) is 0 Å². The van der Waals surface area contributed by atoms with E-state index in [0.29, 0.717) is 37.1 Å². The molecule has 0 aliphatic rings. The number of para-hydroxylation sites is 1. The monoisotopic (exact) mass is 397 g/mol. The van der Waals surface area contributed by atoms with Crippen molar-refractivity contribution in [2.75, 3.05) is 11.4 Å². The number of aromatic nitrogens is 4. The quantitative estimate of drug-likeness (QED) is 0.582. The normalized spacial score (nSPS) is 11.1. The number of amides is 1. The van der Waals surface area contributed by atoms with Crippen LogP contribution in [0, 0.1) is 0 Å². The Labute approximate surface area is 169 Å². The topological polar surface area (TPSA) is 82.1 Å². The third-order valence-corrected chi connectivity index (χ3v) is 5.11. The van der Waals surface area contributed by atoms with Gasteiger partial charge in [0.1, 0.15) is 0 Å². The molecule has 0 bridgehead atoms. The molecule has 8 nitrogen and oxygen atoms in total. The highest BCUT2D eigenvalue weighted by Gasteiger charge is 2.17. The molecule has 3 rings (SSSR count).